The molecule has 2 N–H and O–H groups in total. The zero-order chi connectivity index (χ0) is 22.5. The Kier molecular flexibility index (Phi) is 8.33. The zero-order valence-corrected chi connectivity index (χ0v) is 21.7. The molecule has 0 aliphatic carbocycles. The number of phenols is 1. The first-order valence-electron chi connectivity index (χ1n) is 9.61. The monoisotopic (exact) mass is 586 g/mol. The second-order valence-corrected chi connectivity index (χ2v) is 11.1. The van der Waals surface area contributed by atoms with E-state index in [9.17, 15) is 9.90 Å². The fourth-order valence-corrected chi connectivity index (χ4v) is 5.02. The van der Waals surface area contributed by atoms with E-state index in [1.54, 1.807) is 12.1 Å². The van der Waals surface area contributed by atoms with Crippen molar-refractivity contribution in [3.05, 3.63) is 55.6 Å². The molecule has 2 rings (SSSR count). The summed E-state index contributed by atoms with van der Waals surface area (Å²) in [4.78, 5) is 12.0. The van der Waals surface area contributed by atoms with Crippen molar-refractivity contribution < 1.29 is 14.6 Å². The Morgan fingerprint density at radius 3 is 2.43 bits per heavy atom. The summed E-state index contributed by atoms with van der Waals surface area (Å²) in [7, 11) is 0. The minimum Gasteiger partial charge on any atom is -0.506 e. The van der Waals surface area contributed by atoms with Crippen LogP contribution in [-0.2, 0) is 10.2 Å². The predicted molar refractivity (Wildman–Crippen MR) is 133 cm³/mol. The number of hydrogen-bond donors (Lipinski definition) is 2. The largest absolute Gasteiger partial charge is 0.506 e. The van der Waals surface area contributed by atoms with Crippen LogP contribution in [0.4, 0.5) is 0 Å². The highest BCUT2D eigenvalue weighted by molar-refractivity contribution is 14.1. The fourth-order valence-electron chi connectivity index (χ4n) is 3.47. The fraction of sp³-hybridized carbons (Fsp3) is 0.391. The molecule has 0 aliphatic heterocycles. The molecule has 0 fully saturated rings. The lowest BCUT2D eigenvalue weighted by Crippen LogP contribution is -2.25. The first-order chi connectivity index (χ1) is 13.9. The Labute approximate surface area is 200 Å². The van der Waals surface area contributed by atoms with Gasteiger partial charge in [0.15, 0.2) is 6.61 Å². The number of hydrazone groups is 1. The van der Waals surface area contributed by atoms with E-state index < -0.39 is 0 Å². The number of aromatic hydroxyl groups is 1. The van der Waals surface area contributed by atoms with Gasteiger partial charge in [-0.15, -0.1) is 0 Å². The molecule has 0 bridgehead atoms. The number of phenolic OH excluding ortho intramolecular Hbond substituents is 1. The number of nitrogens with one attached hydrogen (secondary N) is 1. The van der Waals surface area contributed by atoms with Crippen LogP contribution in [0.2, 0.25) is 0 Å². The maximum absolute atomic E-state index is 12.0. The van der Waals surface area contributed by atoms with Gasteiger partial charge in [0.1, 0.15) is 11.5 Å². The highest BCUT2D eigenvalue weighted by atomic mass is 127. The minimum atomic E-state index is -0.382. The number of rotatable bonds is 7. The minimum absolute atomic E-state index is 0.0542. The lowest BCUT2D eigenvalue weighted by atomic mass is 9.72. The number of nitrogens with zero attached hydrogens (tertiary/aromatic N) is 1. The summed E-state index contributed by atoms with van der Waals surface area (Å²) in [5.74, 6) is 0.360. The number of carbonyl (C=O) groups is 1. The normalized spacial score (nSPS) is 12.2. The van der Waals surface area contributed by atoms with Crippen LogP contribution < -0.4 is 10.2 Å². The summed E-state index contributed by atoms with van der Waals surface area (Å²) < 4.78 is 7.06. The molecular weight excluding hydrogens is 559 g/mol. The van der Waals surface area contributed by atoms with Crippen molar-refractivity contribution in [3.8, 4) is 11.5 Å². The van der Waals surface area contributed by atoms with Gasteiger partial charge in [0.2, 0.25) is 0 Å². The van der Waals surface area contributed by atoms with E-state index in [0.29, 0.717) is 14.9 Å². The number of benzene rings is 2. The van der Waals surface area contributed by atoms with Crippen LogP contribution in [0.15, 0.2) is 46.0 Å². The van der Waals surface area contributed by atoms with Crippen molar-refractivity contribution in [1.29, 1.82) is 0 Å². The molecular formula is C23H28BrIN2O3. The Balaban J connectivity index is 1.89. The molecule has 0 saturated heterocycles. The van der Waals surface area contributed by atoms with E-state index >= 15 is 0 Å². The number of carbonyl (C=O) groups excluding carboxylic acids is 1. The predicted octanol–water partition coefficient (Wildman–Crippen LogP) is 6.00. The Bertz CT molecular complexity index is 919. The van der Waals surface area contributed by atoms with Gasteiger partial charge in [-0.2, -0.15) is 5.10 Å². The first-order valence-corrected chi connectivity index (χ1v) is 11.5. The van der Waals surface area contributed by atoms with Gasteiger partial charge < -0.3 is 9.84 Å². The van der Waals surface area contributed by atoms with Gasteiger partial charge in [0, 0.05) is 10.0 Å². The van der Waals surface area contributed by atoms with Gasteiger partial charge in [-0.3, -0.25) is 4.79 Å². The third-order valence-corrected chi connectivity index (χ3v) is 5.71. The van der Waals surface area contributed by atoms with Crippen LogP contribution in [0, 0.1) is 8.99 Å². The van der Waals surface area contributed by atoms with Crippen molar-refractivity contribution in [2.24, 2.45) is 10.5 Å². The van der Waals surface area contributed by atoms with Crippen LogP contribution in [0.5, 0.6) is 11.5 Å². The second kappa shape index (κ2) is 10.1. The Morgan fingerprint density at radius 1 is 1.20 bits per heavy atom. The van der Waals surface area contributed by atoms with Gasteiger partial charge in [-0.25, -0.2) is 5.43 Å². The molecule has 0 saturated carbocycles. The first kappa shape index (κ1) is 24.7. The lowest BCUT2D eigenvalue weighted by Gasteiger charge is -2.33. The molecule has 1 amide bonds. The van der Waals surface area contributed by atoms with Crippen molar-refractivity contribution in [2.45, 2.75) is 46.5 Å². The highest BCUT2D eigenvalue weighted by Crippen LogP contribution is 2.36. The smallest absolute Gasteiger partial charge is 0.277 e. The van der Waals surface area contributed by atoms with E-state index in [0.717, 1.165) is 10.9 Å². The SMILES string of the molecule is CC(C)(C)CC(C)(C)c1ccc(OCC(=O)NN=Cc2cc(Br)cc(I)c2O)cc1. The molecule has 0 aliphatic rings. The Morgan fingerprint density at radius 2 is 1.83 bits per heavy atom. The maximum atomic E-state index is 12.0. The molecule has 0 heterocycles. The van der Waals surface area contributed by atoms with Crippen molar-refractivity contribution in [3.63, 3.8) is 0 Å². The van der Waals surface area contributed by atoms with Gasteiger partial charge in [0.25, 0.3) is 5.91 Å². The molecule has 162 valence electrons. The second-order valence-electron chi connectivity index (χ2n) is 9.05. The third kappa shape index (κ3) is 7.58. The maximum Gasteiger partial charge on any atom is 0.277 e. The average molecular weight is 587 g/mol. The van der Waals surface area contributed by atoms with Gasteiger partial charge in [-0.1, -0.05) is 62.7 Å². The quantitative estimate of drug-likeness (QED) is 0.237. The molecule has 2 aromatic carbocycles. The lowest BCUT2D eigenvalue weighted by molar-refractivity contribution is -0.123. The molecule has 2 aromatic rings. The van der Waals surface area contributed by atoms with Gasteiger partial charge in [-0.05, 0) is 69.7 Å². The summed E-state index contributed by atoms with van der Waals surface area (Å²) in [6.07, 6.45) is 2.46. The summed E-state index contributed by atoms with van der Waals surface area (Å²) in [5, 5.41) is 13.9. The van der Waals surface area contributed by atoms with Gasteiger partial charge in [0.05, 0.1) is 9.78 Å². The van der Waals surface area contributed by atoms with E-state index in [-0.39, 0.29) is 29.1 Å². The number of halogens is 2. The third-order valence-electron chi connectivity index (χ3n) is 4.43. The van der Waals surface area contributed by atoms with Crippen LogP contribution in [0.1, 0.15) is 52.2 Å². The molecule has 5 nitrogen and oxygen atoms in total. The van der Waals surface area contributed by atoms with Crippen LogP contribution in [-0.4, -0.2) is 23.8 Å². The molecule has 0 aromatic heterocycles. The van der Waals surface area contributed by atoms with Crippen molar-refractivity contribution >= 4 is 50.6 Å². The van der Waals surface area contributed by atoms with Crippen LogP contribution >= 0.6 is 38.5 Å². The molecule has 0 unspecified atom stereocenters. The van der Waals surface area contributed by atoms with E-state index in [1.807, 2.05) is 34.7 Å². The zero-order valence-electron chi connectivity index (χ0n) is 17.9. The number of hydrogen-bond acceptors (Lipinski definition) is 4. The van der Waals surface area contributed by atoms with E-state index in [2.05, 4.69) is 73.2 Å². The molecule has 7 heteroatoms. The van der Waals surface area contributed by atoms with Crippen molar-refractivity contribution in [1.82, 2.24) is 5.43 Å². The molecule has 0 radical (unpaired) electrons. The number of amides is 1. The van der Waals surface area contributed by atoms with Crippen molar-refractivity contribution in [2.75, 3.05) is 6.61 Å². The molecule has 0 atom stereocenters. The summed E-state index contributed by atoms with van der Waals surface area (Å²) in [5.41, 5.74) is 4.44. The van der Waals surface area contributed by atoms with Crippen LogP contribution in [0.25, 0.3) is 0 Å². The summed E-state index contributed by atoms with van der Waals surface area (Å²) in [6, 6.07) is 11.4. The summed E-state index contributed by atoms with van der Waals surface area (Å²) >= 11 is 5.39. The number of ether oxygens (including phenoxy) is 1. The topological polar surface area (TPSA) is 70.9 Å². The summed E-state index contributed by atoms with van der Waals surface area (Å²) in [6.45, 7) is 11.1. The van der Waals surface area contributed by atoms with Crippen LogP contribution in [0.3, 0.4) is 0 Å². The van der Waals surface area contributed by atoms with Gasteiger partial charge >= 0.3 is 0 Å². The van der Waals surface area contributed by atoms with E-state index in [4.69, 9.17) is 4.74 Å². The average Bonchev–Trinajstić information content (AvgIpc) is 2.62. The molecule has 30 heavy (non-hydrogen) atoms. The highest BCUT2D eigenvalue weighted by Gasteiger charge is 2.27. The molecule has 0 spiro atoms. The standard InChI is InChI=1S/C23H28BrIN2O3/c1-22(2,3)14-23(4,5)16-6-8-18(9-7-16)30-13-20(28)27-26-12-15-10-17(24)11-19(25)21(15)29/h6-12,29H,13-14H2,1-5H3,(H,27,28). The Hall–Kier alpha value is -1.61. The van der Waals surface area contributed by atoms with E-state index in [1.165, 1.54) is 11.8 Å².